The molecule has 0 aromatic heterocycles. The number of ether oxygens (including phenoxy) is 2. The van der Waals surface area contributed by atoms with Gasteiger partial charge in [-0.2, -0.15) is 0 Å². The summed E-state index contributed by atoms with van der Waals surface area (Å²) in [5.41, 5.74) is 3.57. The van der Waals surface area contributed by atoms with Crippen molar-refractivity contribution in [2.75, 3.05) is 25.6 Å². The van der Waals surface area contributed by atoms with Crippen molar-refractivity contribution in [1.29, 1.82) is 0 Å². The molecule has 1 unspecified atom stereocenters. The number of methoxy groups -OCH3 is 1. The predicted octanol–water partition coefficient (Wildman–Crippen LogP) is 5.52. The number of benzene rings is 3. The minimum atomic E-state index is -0.905. The number of hydrogen-bond acceptors (Lipinski definition) is 5. The highest BCUT2D eigenvalue weighted by molar-refractivity contribution is 5.98. The van der Waals surface area contributed by atoms with Gasteiger partial charge in [-0.3, -0.25) is 4.79 Å². The lowest BCUT2D eigenvalue weighted by Gasteiger charge is -2.29. The molecule has 4 rings (SSSR count). The van der Waals surface area contributed by atoms with E-state index in [4.69, 9.17) is 9.47 Å². The molecule has 39 heavy (non-hydrogen) atoms. The standard InChI is InChI=1S/C30H35N3O4.C2H6/c1-21-20-37-25(19-31-21)18-17-22-11-9-10-16-26(22)32-29(34)28(33-30(35)36-2)27(23-12-5-3-6-13-23)24-14-7-4-8-15-24;1-2/h3-16,21,25,27-28,31H,17-20H2,1-2H3,(H,32,34)(H,33,35);1-2H3/t21-,25-,28?;/m1./s1. The first-order chi connectivity index (χ1) is 19.0. The topological polar surface area (TPSA) is 88.7 Å². The number of morpholine rings is 1. The lowest BCUT2D eigenvalue weighted by atomic mass is 9.84. The van der Waals surface area contributed by atoms with E-state index in [0.29, 0.717) is 12.6 Å². The summed E-state index contributed by atoms with van der Waals surface area (Å²) in [5, 5.41) is 9.33. The second-order valence-corrected chi connectivity index (χ2v) is 9.36. The van der Waals surface area contributed by atoms with E-state index >= 15 is 0 Å². The second-order valence-electron chi connectivity index (χ2n) is 9.36. The quantitative estimate of drug-likeness (QED) is 0.339. The first kappa shape index (κ1) is 29.9. The number of nitrogens with one attached hydrogen (secondary N) is 3. The van der Waals surface area contributed by atoms with Crippen LogP contribution in [0.25, 0.3) is 0 Å². The van der Waals surface area contributed by atoms with Crippen LogP contribution < -0.4 is 16.0 Å². The number of rotatable bonds is 9. The molecule has 3 aromatic carbocycles. The van der Waals surface area contributed by atoms with E-state index in [1.807, 2.05) is 98.8 Å². The van der Waals surface area contributed by atoms with Gasteiger partial charge >= 0.3 is 6.09 Å². The highest BCUT2D eigenvalue weighted by Crippen LogP contribution is 2.30. The molecule has 1 aliphatic rings. The Hall–Kier alpha value is -3.68. The van der Waals surface area contributed by atoms with Crippen molar-refractivity contribution in [1.82, 2.24) is 10.6 Å². The van der Waals surface area contributed by atoms with Crippen LogP contribution in [0.5, 0.6) is 0 Å². The Labute approximate surface area is 232 Å². The zero-order valence-corrected chi connectivity index (χ0v) is 23.4. The summed E-state index contributed by atoms with van der Waals surface area (Å²) in [4.78, 5) is 26.2. The molecule has 0 aliphatic carbocycles. The lowest BCUT2D eigenvalue weighted by molar-refractivity contribution is -0.118. The van der Waals surface area contributed by atoms with E-state index < -0.39 is 18.1 Å². The summed E-state index contributed by atoms with van der Waals surface area (Å²) in [5.74, 6) is -0.739. The molecule has 3 atom stereocenters. The fourth-order valence-corrected chi connectivity index (χ4v) is 4.69. The average Bonchev–Trinajstić information content (AvgIpc) is 2.99. The summed E-state index contributed by atoms with van der Waals surface area (Å²) < 4.78 is 10.8. The van der Waals surface area contributed by atoms with E-state index in [1.165, 1.54) is 7.11 Å². The van der Waals surface area contributed by atoms with Crippen LogP contribution >= 0.6 is 0 Å². The largest absolute Gasteiger partial charge is 0.453 e. The van der Waals surface area contributed by atoms with Crippen LogP contribution in [0.3, 0.4) is 0 Å². The van der Waals surface area contributed by atoms with Crippen molar-refractivity contribution in [3.63, 3.8) is 0 Å². The smallest absolute Gasteiger partial charge is 0.407 e. The Morgan fingerprint density at radius 1 is 0.949 bits per heavy atom. The maximum atomic E-state index is 13.8. The van der Waals surface area contributed by atoms with Crippen molar-refractivity contribution in [3.8, 4) is 0 Å². The van der Waals surface area contributed by atoms with E-state index in [0.717, 1.165) is 41.8 Å². The first-order valence-corrected chi connectivity index (χ1v) is 13.7. The van der Waals surface area contributed by atoms with Gasteiger partial charge in [0.15, 0.2) is 0 Å². The van der Waals surface area contributed by atoms with Crippen molar-refractivity contribution in [3.05, 3.63) is 102 Å². The van der Waals surface area contributed by atoms with Gasteiger partial charge in [-0.25, -0.2) is 4.79 Å². The van der Waals surface area contributed by atoms with Crippen molar-refractivity contribution < 1.29 is 19.1 Å². The molecule has 3 N–H and O–H groups in total. The summed E-state index contributed by atoms with van der Waals surface area (Å²) in [7, 11) is 1.29. The van der Waals surface area contributed by atoms with E-state index in [1.54, 1.807) is 0 Å². The highest BCUT2D eigenvalue weighted by atomic mass is 16.5. The monoisotopic (exact) mass is 531 g/mol. The van der Waals surface area contributed by atoms with Gasteiger partial charge in [0.2, 0.25) is 5.91 Å². The Morgan fingerprint density at radius 3 is 2.10 bits per heavy atom. The molecule has 3 aromatic rings. The predicted molar refractivity (Wildman–Crippen MR) is 156 cm³/mol. The van der Waals surface area contributed by atoms with Gasteiger partial charge in [-0.15, -0.1) is 0 Å². The van der Waals surface area contributed by atoms with E-state index in [-0.39, 0.29) is 12.0 Å². The number of hydrogen-bond donors (Lipinski definition) is 3. The third-order valence-corrected chi connectivity index (χ3v) is 6.68. The molecule has 0 spiro atoms. The number of para-hydroxylation sites is 1. The summed E-state index contributed by atoms with van der Waals surface area (Å²) in [6.45, 7) is 7.62. The number of amides is 2. The Morgan fingerprint density at radius 2 is 1.54 bits per heavy atom. The number of alkyl carbamates (subject to hydrolysis) is 1. The molecule has 1 heterocycles. The third-order valence-electron chi connectivity index (χ3n) is 6.68. The highest BCUT2D eigenvalue weighted by Gasteiger charge is 2.33. The zero-order valence-electron chi connectivity index (χ0n) is 23.4. The van der Waals surface area contributed by atoms with Crippen LogP contribution in [0.4, 0.5) is 10.5 Å². The van der Waals surface area contributed by atoms with Crippen LogP contribution in [-0.4, -0.2) is 50.4 Å². The van der Waals surface area contributed by atoms with Crippen LogP contribution in [0.15, 0.2) is 84.9 Å². The maximum absolute atomic E-state index is 13.8. The van der Waals surface area contributed by atoms with E-state index in [2.05, 4.69) is 22.9 Å². The Bertz CT molecular complexity index is 1110. The molecule has 0 saturated carbocycles. The average molecular weight is 532 g/mol. The molecule has 1 saturated heterocycles. The van der Waals surface area contributed by atoms with Gasteiger partial charge < -0.3 is 25.4 Å². The van der Waals surface area contributed by atoms with Crippen molar-refractivity contribution >= 4 is 17.7 Å². The molecule has 7 nitrogen and oxygen atoms in total. The molecule has 1 fully saturated rings. The maximum Gasteiger partial charge on any atom is 0.407 e. The summed E-state index contributed by atoms with van der Waals surface area (Å²) in [6.07, 6.45) is 1.07. The number of carbonyl (C=O) groups is 2. The number of aryl methyl sites for hydroxylation is 1. The Kier molecular flexibility index (Phi) is 12.0. The Balaban J connectivity index is 0.00000205. The van der Waals surface area contributed by atoms with Crippen LogP contribution in [-0.2, 0) is 20.7 Å². The normalized spacial score (nSPS) is 17.4. The van der Waals surface area contributed by atoms with Gasteiger partial charge in [0, 0.05) is 24.2 Å². The van der Waals surface area contributed by atoms with Crippen LogP contribution in [0.2, 0.25) is 0 Å². The van der Waals surface area contributed by atoms with Gasteiger partial charge in [0.25, 0.3) is 0 Å². The molecule has 0 bridgehead atoms. The molecule has 0 radical (unpaired) electrons. The summed E-state index contributed by atoms with van der Waals surface area (Å²) in [6, 6.07) is 26.6. The SMILES string of the molecule is CC.COC(=O)NC(C(=O)Nc1ccccc1CC[C@@H]1CN[C@H](C)CO1)C(c1ccccc1)c1ccccc1. The van der Waals surface area contributed by atoms with Gasteiger partial charge in [-0.1, -0.05) is 92.7 Å². The molecule has 1 aliphatic heterocycles. The molecular weight excluding hydrogens is 490 g/mol. The third kappa shape index (κ3) is 8.67. The first-order valence-electron chi connectivity index (χ1n) is 13.7. The lowest BCUT2D eigenvalue weighted by Crippen LogP contribution is -2.48. The van der Waals surface area contributed by atoms with Crippen LogP contribution in [0.1, 0.15) is 49.8 Å². The molecule has 208 valence electrons. The van der Waals surface area contributed by atoms with E-state index in [9.17, 15) is 9.59 Å². The fraction of sp³-hybridized carbons (Fsp3) is 0.375. The van der Waals surface area contributed by atoms with Gasteiger partial charge in [0.1, 0.15) is 6.04 Å². The van der Waals surface area contributed by atoms with Gasteiger partial charge in [0.05, 0.1) is 19.8 Å². The van der Waals surface area contributed by atoms with Crippen molar-refractivity contribution in [2.24, 2.45) is 0 Å². The van der Waals surface area contributed by atoms with Crippen LogP contribution in [0, 0.1) is 0 Å². The molecular formula is C32H41N3O4. The fourth-order valence-electron chi connectivity index (χ4n) is 4.69. The molecule has 2 amide bonds. The minimum absolute atomic E-state index is 0.134. The van der Waals surface area contributed by atoms with Gasteiger partial charge in [-0.05, 0) is 42.5 Å². The molecule has 7 heteroatoms. The number of anilines is 1. The van der Waals surface area contributed by atoms with Crippen molar-refractivity contribution in [2.45, 2.75) is 57.7 Å². The zero-order chi connectivity index (χ0) is 28.0. The minimum Gasteiger partial charge on any atom is -0.453 e. The second kappa shape index (κ2) is 15.7. The summed E-state index contributed by atoms with van der Waals surface area (Å²) >= 11 is 0. The number of carbonyl (C=O) groups excluding carboxylic acids is 2.